The van der Waals surface area contributed by atoms with Crippen LogP contribution in [-0.2, 0) is 0 Å². The third-order valence-corrected chi connectivity index (χ3v) is 4.94. The number of hydrogen-bond acceptors (Lipinski definition) is 2. The SMILES string of the molecule is CC1CCCC(C)C1NCC1CCCC(O)C1. The van der Waals surface area contributed by atoms with Gasteiger partial charge in [-0.25, -0.2) is 0 Å². The van der Waals surface area contributed by atoms with E-state index in [-0.39, 0.29) is 6.10 Å². The Morgan fingerprint density at radius 1 is 1.00 bits per heavy atom. The Morgan fingerprint density at radius 3 is 2.29 bits per heavy atom. The van der Waals surface area contributed by atoms with Gasteiger partial charge in [-0.05, 0) is 56.4 Å². The lowest BCUT2D eigenvalue weighted by atomic mass is 9.78. The van der Waals surface area contributed by atoms with Crippen LogP contribution in [0.5, 0.6) is 0 Å². The number of nitrogens with one attached hydrogen (secondary N) is 1. The summed E-state index contributed by atoms with van der Waals surface area (Å²) >= 11 is 0. The maximum atomic E-state index is 9.69. The summed E-state index contributed by atoms with van der Waals surface area (Å²) < 4.78 is 0. The minimum absolute atomic E-state index is 0.0308. The van der Waals surface area contributed by atoms with Crippen molar-refractivity contribution in [3.63, 3.8) is 0 Å². The molecule has 4 atom stereocenters. The standard InChI is InChI=1S/C15H29NO/c1-11-5-3-6-12(2)15(11)16-10-13-7-4-8-14(17)9-13/h11-17H,3-10H2,1-2H3. The molecule has 0 heterocycles. The Hall–Kier alpha value is -0.0800. The topological polar surface area (TPSA) is 32.3 Å². The minimum atomic E-state index is -0.0308. The molecule has 0 aromatic rings. The molecule has 2 rings (SSSR count). The average Bonchev–Trinajstić information content (AvgIpc) is 2.28. The van der Waals surface area contributed by atoms with Gasteiger partial charge in [0.2, 0.25) is 0 Å². The zero-order chi connectivity index (χ0) is 12.3. The fraction of sp³-hybridized carbons (Fsp3) is 1.00. The van der Waals surface area contributed by atoms with Crippen molar-refractivity contribution < 1.29 is 5.11 Å². The molecular weight excluding hydrogens is 210 g/mol. The predicted molar refractivity (Wildman–Crippen MR) is 71.9 cm³/mol. The van der Waals surface area contributed by atoms with Gasteiger partial charge in [0.05, 0.1) is 6.10 Å². The zero-order valence-corrected chi connectivity index (χ0v) is 11.5. The van der Waals surface area contributed by atoms with Crippen LogP contribution < -0.4 is 5.32 Å². The van der Waals surface area contributed by atoms with Gasteiger partial charge < -0.3 is 10.4 Å². The van der Waals surface area contributed by atoms with E-state index in [0.717, 1.165) is 31.2 Å². The van der Waals surface area contributed by atoms with Crippen LogP contribution in [0.4, 0.5) is 0 Å². The summed E-state index contributed by atoms with van der Waals surface area (Å²) in [7, 11) is 0. The molecule has 2 aliphatic rings. The molecule has 2 saturated carbocycles. The van der Waals surface area contributed by atoms with Crippen molar-refractivity contribution in [1.29, 1.82) is 0 Å². The summed E-state index contributed by atoms with van der Waals surface area (Å²) in [6.45, 7) is 5.91. The molecule has 0 spiro atoms. The molecule has 2 N–H and O–H groups in total. The lowest BCUT2D eigenvalue weighted by Crippen LogP contribution is -2.45. The third-order valence-electron chi connectivity index (χ3n) is 4.94. The molecule has 17 heavy (non-hydrogen) atoms. The van der Waals surface area contributed by atoms with Gasteiger partial charge in [-0.1, -0.05) is 26.7 Å². The Bertz CT molecular complexity index is 221. The van der Waals surface area contributed by atoms with Gasteiger partial charge in [0.25, 0.3) is 0 Å². The Balaban J connectivity index is 1.76. The third kappa shape index (κ3) is 3.69. The van der Waals surface area contributed by atoms with Gasteiger partial charge in [-0.3, -0.25) is 0 Å². The monoisotopic (exact) mass is 239 g/mol. The van der Waals surface area contributed by atoms with E-state index in [0.29, 0.717) is 12.0 Å². The highest BCUT2D eigenvalue weighted by Crippen LogP contribution is 2.30. The average molecular weight is 239 g/mol. The summed E-state index contributed by atoms with van der Waals surface area (Å²) in [5.41, 5.74) is 0. The molecule has 0 saturated heterocycles. The Kier molecular flexibility index (Phi) is 4.87. The molecule has 0 radical (unpaired) electrons. The molecule has 2 heteroatoms. The molecule has 2 aliphatic carbocycles. The smallest absolute Gasteiger partial charge is 0.0543 e. The van der Waals surface area contributed by atoms with Gasteiger partial charge >= 0.3 is 0 Å². The van der Waals surface area contributed by atoms with E-state index in [1.165, 1.54) is 32.1 Å². The molecule has 0 amide bonds. The Labute approximate surface area is 106 Å². The normalized spacial score (nSPS) is 43.6. The van der Waals surface area contributed by atoms with Gasteiger partial charge in [-0.2, -0.15) is 0 Å². The van der Waals surface area contributed by atoms with Crippen LogP contribution in [0.25, 0.3) is 0 Å². The molecular formula is C15H29NO. The fourth-order valence-electron chi connectivity index (χ4n) is 3.83. The molecule has 4 unspecified atom stereocenters. The van der Waals surface area contributed by atoms with E-state index in [9.17, 15) is 5.11 Å². The fourth-order valence-corrected chi connectivity index (χ4v) is 3.83. The second-order valence-electron chi connectivity index (χ2n) is 6.51. The van der Waals surface area contributed by atoms with Crippen LogP contribution >= 0.6 is 0 Å². The van der Waals surface area contributed by atoms with Crippen molar-refractivity contribution in [2.24, 2.45) is 17.8 Å². The van der Waals surface area contributed by atoms with Gasteiger partial charge in [0.1, 0.15) is 0 Å². The molecule has 2 nitrogen and oxygen atoms in total. The van der Waals surface area contributed by atoms with Crippen LogP contribution in [-0.4, -0.2) is 23.8 Å². The first-order valence-corrected chi connectivity index (χ1v) is 7.58. The zero-order valence-electron chi connectivity index (χ0n) is 11.5. The Morgan fingerprint density at radius 2 is 1.65 bits per heavy atom. The summed E-state index contributed by atoms with van der Waals surface area (Å²) in [5.74, 6) is 2.36. The molecule has 0 bridgehead atoms. The van der Waals surface area contributed by atoms with Crippen molar-refractivity contribution in [2.45, 2.75) is 70.9 Å². The minimum Gasteiger partial charge on any atom is -0.393 e. The molecule has 100 valence electrons. The number of aliphatic hydroxyl groups excluding tert-OH is 1. The first-order valence-electron chi connectivity index (χ1n) is 7.58. The second-order valence-corrected chi connectivity index (χ2v) is 6.51. The van der Waals surface area contributed by atoms with Crippen LogP contribution in [0.2, 0.25) is 0 Å². The van der Waals surface area contributed by atoms with E-state index in [1.807, 2.05) is 0 Å². The van der Waals surface area contributed by atoms with E-state index in [4.69, 9.17) is 0 Å². The highest BCUT2D eigenvalue weighted by Gasteiger charge is 2.28. The largest absolute Gasteiger partial charge is 0.393 e. The van der Waals surface area contributed by atoms with Gasteiger partial charge in [-0.15, -0.1) is 0 Å². The quantitative estimate of drug-likeness (QED) is 0.793. The van der Waals surface area contributed by atoms with Crippen molar-refractivity contribution in [1.82, 2.24) is 5.32 Å². The summed E-state index contributed by atoms with van der Waals surface area (Å²) in [6, 6.07) is 0.711. The number of hydrogen-bond donors (Lipinski definition) is 2. The van der Waals surface area contributed by atoms with Crippen LogP contribution in [0.3, 0.4) is 0 Å². The highest BCUT2D eigenvalue weighted by atomic mass is 16.3. The van der Waals surface area contributed by atoms with Crippen molar-refractivity contribution in [3.05, 3.63) is 0 Å². The molecule has 0 aromatic heterocycles. The summed E-state index contributed by atoms with van der Waals surface area (Å²) in [6.07, 6.45) is 8.70. The van der Waals surface area contributed by atoms with Crippen molar-refractivity contribution in [2.75, 3.05) is 6.54 Å². The van der Waals surface area contributed by atoms with Crippen LogP contribution in [0.15, 0.2) is 0 Å². The summed E-state index contributed by atoms with van der Waals surface area (Å²) in [4.78, 5) is 0. The first-order chi connectivity index (χ1) is 8.16. The van der Waals surface area contributed by atoms with E-state index >= 15 is 0 Å². The predicted octanol–water partition coefficient (Wildman–Crippen LogP) is 2.95. The summed E-state index contributed by atoms with van der Waals surface area (Å²) in [5, 5.41) is 13.5. The number of rotatable bonds is 3. The molecule has 0 aromatic carbocycles. The van der Waals surface area contributed by atoms with Crippen molar-refractivity contribution >= 4 is 0 Å². The highest BCUT2D eigenvalue weighted by molar-refractivity contribution is 4.85. The van der Waals surface area contributed by atoms with E-state index in [1.54, 1.807) is 0 Å². The molecule has 2 fully saturated rings. The molecule has 0 aliphatic heterocycles. The van der Waals surface area contributed by atoms with E-state index in [2.05, 4.69) is 19.2 Å². The van der Waals surface area contributed by atoms with Crippen LogP contribution in [0, 0.1) is 17.8 Å². The maximum absolute atomic E-state index is 9.69. The van der Waals surface area contributed by atoms with Gasteiger partial charge in [0, 0.05) is 6.04 Å². The lowest BCUT2D eigenvalue weighted by molar-refractivity contribution is 0.0954. The van der Waals surface area contributed by atoms with Crippen molar-refractivity contribution in [3.8, 4) is 0 Å². The first kappa shape index (κ1) is 13.4. The second kappa shape index (κ2) is 6.19. The maximum Gasteiger partial charge on any atom is 0.0543 e. The van der Waals surface area contributed by atoms with Gasteiger partial charge in [0.15, 0.2) is 0 Å². The number of aliphatic hydroxyl groups is 1. The van der Waals surface area contributed by atoms with Crippen LogP contribution in [0.1, 0.15) is 58.8 Å². The van der Waals surface area contributed by atoms with E-state index < -0.39 is 0 Å². The lowest BCUT2D eigenvalue weighted by Gasteiger charge is -2.37.